The van der Waals surface area contributed by atoms with Gasteiger partial charge in [0, 0.05) is 53.9 Å². The quantitative estimate of drug-likeness (QED) is 0.151. The normalized spacial score (nSPS) is 20.4. The Balaban J connectivity index is 1.80. The fourth-order valence-corrected chi connectivity index (χ4v) is 9.03. The average Bonchev–Trinajstić information content (AvgIpc) is 3.54. The van der Waals surface area contributed by atoms with Gasteiger partial charge in [0.05, 0.1) is 42.7 Å². The summed E-state index contributed by atoms with van der Waals surface area (Å²) in [6.07, 6.45) is 1.99. The molecule has 1 aromatic rings. The molecule has 0 aliphatic carbocycles. The summed E-state index contributed by atoms with van der Waals surface area (Å²) >= 11 is 0. The van der Waals surface area contributed by atoms with Gasteiger partial charge in [0.2, 0.25) is 23.6 Å². The van der Waals surface area contributed by atoms with E-state index in [4.69, 9.17) is 14.2 Å². The lowest BCUT2D eigenvalue weighted by Gasteiger charge is -2.41. The first kappa shape index (κ1) is 51.8. The van der Waals surface area contributed by atoms with Gasteiger partial charge in [0.1, 0.15) is 17.7 Å². The molecule has 1 unspecified atom stereocenters. The monoisotopic (exact) mass is 857 g/mol. The second-order valence-corrected chi connectivity index (χ2v) is 18.9. The van der Waals surface area contributed by atoms with Crippen molar-refractivity contribution in [1.29, 1.82) is 0 Å². The van der Waals surface area contributed by atoms with Crippen molar-refractivity contribution in [2.24, 2.45) is 23.7 Å². The summed E-state index contributed by atoms with van der Waals surface area (Å²) < 4.78 is 17.8. The summed E-state index contributed by atoms with van der Waals surface area (Å²) in [7, 11) is 4.86. The molecule has 2 saturated heterocycles. The van der Waals surface area contributed by atoms with Gasteiger partial charge in [-0.15, -0.1) is 0 Å². The molecule has 2 fully saturated rings. The Labute approximate surface area is 366 Å². The van der Waals surface area contributed by atoms with E-state index in [1.807, 2.05) is 58.0 Å². The van der Waals surface area contributed by atoms with Gasteiger partial charge in [-0.05, 0) is 69.9 Å². The number of nitrogens with zero attached hydrogens (tertiary/aromatic N) is 3. The van der Waals surface area contributed by atoms with Crippen LogP contribution >= 0.6 is 0 Å². The summed E-state index contributed by atoms with van der Waals surface area (Å²) in [4.78, 5) is 76.0. The van der Waals surface area contributed by atoms with Crippen LogP contribution < -0.4 is 16.0 Å². The Morgan fingerprint density at radius 1 is 0.869 bits per heavy atom. The molecule has 14 heteroatoms. The Kier molecular flexibility index (Phi) is 20.6. The summed E-state index contributed by atoms with van der Waals surface area (Å²) in [6, 6.07) is 6.52. The second-order valence-electron chi connectivity index (χ2n) is 18.9. The molecular formula is C47H80N6O8. The number of rotatable bonds is 21. The van der Waals surface area contributed by atoms with Crippen LogP contribution in [0.15, 0.2) is 30.3 Å². The van der Waals surface area contributed by atoms with Gasteiger partial charge in [-0.25, -0.2) is 4.79 Å². The lowest BCUT2D eigenvalue weighted by molar-refractivity contribution is -0.159. The van der Waals surface area contributed by atoms with Crippen molar-refractivity contribution in [3.8, 4) is 0 Å². The SMILES string of the molecule is CC[C@H](C)[C@@H](C(CC(=O)N1CCC[C@H]1[C@H](OC)[C@@H](C)C(=O)N[C@@H](Cc1ccccc1)C(=O)OC(C)(C)C)OC)N(C)C(=O)[C@@H](NC(=O)[C@H](C(C)C)N1CCCNCC1)C(C)C. The van der Waals surface area contributed by atoms with E-state index in [1.54, 1.807) is 58.8 Å². The molecule has 2 aliphatic heterocycles. The minimum absolute atomic E-state index is 0.00551. The molecule has 0 spiro atoms. The lowest BCUT2D eigenvalue weighted by atomic mass is 9.89. The van der Waals surface area contributed by atoms with Crippen molar-refractivity contribution in [2.45, 2.75) is 156 Å². The van der Waals surface area contributed by atoms with Crippen LogP contribution in [0.5, 0.6) is 0 Å². The molecule has 3 N–H and O–H groups in total. The largest absolute Gasteiger partial charge is 0.458 e. The highest BCUT2D eigenvalue weighted by molar-refractivity contribution is 5.90. The summed E-state index contributed by atoms with van der Waals surface area (Å²) in [5, 5.41) is 9.51. The predicted octanol–water partition coefficient (Wildman–Crippen LogP) is 4.44. The topological polar surface area (TPSA) is 159 Å². The number of carbonyl (C=O) groups is 5. The van der Waals surface area contributed by atoms with Gasteiger partial charge < -0.3 is 40.0 Å². The van der Waals surface area contributed by atoms with Crippen LogP contribution in [-0.4, -0.2) is 146 Å². The molecule has 0 aromatic heterocycles. The lowest BCUT2D eigenvalue weighted by Crippen LogP contribution is -2.60. The smallest absolute Gasteiger partial charge is 0.329 e. The van der Waals surface area contributed by atoms with E-state index in [0.717, 1.165) is 51.0 Å². The number of hydrogen-bond donors (Lipinski definition) is 3. The Morgan fingerprint density at radius 3 is 2.11 bits per heavy atom. The Bertz CT molecular complexity index is 1540. The van der Waals surface area contributed by atoms with E-state index in [9.17, 15) is 24.0 Å². The van der Waals surface area contributed by atoms with Crippen LogP contribution in [0.4, 0.5) is 0 Å². The number of carbonyl (C=O) groups excluding carboxylic acids is 5. The zero-order valence-electron chi connectivity index (χ0n) is 39.6. The van der Waals surface area contributed by atoms with E-state index < -0.39 is 53.9 Å². The average molecular weight is 857 g/mol. The summed E-state index contributed by atoms with van der Waals surface area (Å²) in [5.41, 5.74) is 0.134. The zero-order valence-corrected chi connectivity index (χ0v) is 39.6. The van der Waals surface area contributed by atoms with Crippen molar-refractivity contribution in [2.75, 3.05) is 54.0 Å². The first-order chi connectivity index (χ1) is 28.8. The molecule has 61 heavy (non-hydrogen) atoms. The molecule has 1 aromatic carbocycles. The van der Waals surface area contributed by atoms with Gasteiger partial charge in [0.25, 0.3) is 0 Å². The minimum Gasteiger partial charge on any atom is -0.458 e. The molecule has 4 amide bonds. The number of nitrogens with one attached hydrogen (secondary N) is 3. The molecular weight excluding hydrogens is 777 g/mol. The highest BCUT2D eigenvalue weighted by Gasteiger charge is 2.44. The molecule has 346 valence electrons. The van der Waals surface area contributed by atoms with Crippen LogP contribution in [0.25, 0.3) is 0 Å². The number of hydrogen-bond acceptors (Lipinski definition) is 10. The minimum atomic E-state index is -0.924. The number of likely N-dealkylation sites (tertiary alicyclic amines) is 1. The van der Waals surface area contributed by atoms with Crippen molar-refractivity contribution < 1.29 is 38.2 Å². The Morgan fingerprint density at radius 2 is 1.54 bits per heavy atom. The number of amides is 4. The van der Waals surface area contributed by atoms with E-state index in [2.05, 4.69) is 34.7 Å². The highest BCUT2D eigenvalue weighted by Crippen LogP contribution is 2.30. The Hall–Kier alpha value is -3.59. The first-order valence-corrected chi connectivity index (χ1v) is 22.7. The van der Waals surface area contributed by atoms with Gasteiger partial charge in [0.15, 0.2) is 0 Å². The maximum Gasteiger partial charge on any atom is 0.329 e. The molecule has 3 rings (SSSR count). The summed E-state index contributed by atoms with van der Waals surface area (Å²) in [6.45, 7) is 23.0. The van der Waals surface area contributed by atoms with Gasteiger partial charge in [-0.1, -0.05) is 85.2 Å². The predicted molar refractivity (Wildman–Crippen MR) is 238 cm³/mol. The molecule has 0 radical (unpaired) electrons. The number of benzene rings is 1. The van der Waals surface area contributed by atoms with Crippen molar-refractivity contribution in [3.63, 3.8) is 0 Å². The standard InChI is InChI=1S/C47H80N6O8/c1-14-32(6)41(51(11)45(57)39(30(2)3)50-44(56)40(31(4)5)52-25-19-23-48-24-27-52)37(59-12)29-38(54)53-26-18-22-36(53)42(60-13)33(7)43(55)49-35(46(58)61-47(8,9)10)28-34-20-16-15-17-21-34/h15-17,20-21,30-33,35-37,39-42,48H,14,18-19,22-29H2,1-13H3,(H,49,55)(H,50,56)/t32-,33+,35-,36-,37?,39-,40-,41-,42+/m0/s1. The van der Waals surface area contributed by atoms with Crippen molar-refractivity contribution >= 4 is 29.6 Å². The number of ether oxygens (including phenoxy) is 3. The molecule has 2 heterocycles. The molecule has 0 saturated carbocycles. The first-order valence-electron chi connectivity index (χ1n) is 22.7. The van der Waals surface area contributed by atoms with E-state index in [0.29, 0.717) is 13.0 Å². The van der Waals surface area contributed by atoms with Crippen LogP contribution in [0.3, 0.4) is 0 Å². The summed E-state index contributed by atoms with van der Waals surface area (Å²) in [5.74, 6) is -2.33. The number of esters is 1. The third kappa shape index (κ3) is 14.7. The molecule has 2 aliphatic rings. The van der Waals surface area contributed by atoms with Crippen molar-refractivity contribution in [1.82, 2.24) is 30.7 Å². The fraction of sp³-hybridized carbons (Fsp3) is 0.766. The molecule has 9 atom stereocenters. The number of methoxy groups -OCH3 is 2. The second kappa shape index (κ2) is 24.3. The van der Waals surface area contributed by atoms with E-state index in [-0.39, 0.29) is 60.3 Å². The van der Waals surface area contributed by atoms with E-state index in [1.165, 1.54) is 0 Å². The third-order valence-corrected chi connectivity index (χ3v) is 12.4. The van der Waals surface area contributed by atoms with Crippen LogP contribution in [0.1, 0.15) is 107 Å². The van der Waals surface area contributed by atoms with Gasteiger partial charge in [-0.2, -0.15) is 0 Å². The maximum absolute atomic E-state index is 14.5. The maximum atomic E-state index is 14.5. The van der Waals surface area contributed by atoms with Crippen LogP contribution in [0.2, 0.25) is 0 Å². The highest BCUT2D eigenvalue weighted by atomic mass is 16.6. The molecule has 14 nitrogen and oxygen atoms in total. The van der Waals surface area contributed by atoms with Gasteiger partial charge >= 0.3 is 5.97 Å². The fourth-order valence-electron chi connectivity index (χ4n) is 9.03. The zero-order chi connectivity index (χ0) is 45.6. The van der Waals surface area contributed by atoms with E-state index >= 15 is 0 Å². The van der Waals surface area contributed by atoms with Crippen LogP contribution in [-0.2, 0) is 44.6 Å². The van der Waals surface area contributed by atoms with Crippen molar-refractivity contribution in [3.05, 3.63) is 35.9 Å². The molecule has 0 bridgehead atoms. The van der Waals surface area contributed by atoms with Gasteiger partial charge in [-0.3, -0.25) is 24.1 Å². The number of likely N-dealkylation sites (N-methyl/N-ethyl adjacent to an activating group) is 1. The van der Waals surface area contributed by atoms with Crippen LogP contribution in [0, 0.1) is 23.7 Å². The third-order valence-electron chi connectivity index (χ3n) is 12.4.